The highest BCUT2D eigenvalue weighted by Gasteiger charge is 2.10. The van der Waals surface area contributed by atoms with E-state index in [9.17, 15) is 4.79 Å². The molecule has 0 aliphatic rings. The highest BCUT2D eigenvalue weighted by Crippen LogP contribution is 2.22. The van der Waals surface area contributed by atoms with E-state index in [4.69, 9.17) is 14.7 Å². The molecule has 0 radical (unpaired) electrons. The first-order valence-corrected chi connectivity index (χ1v) is 11.8. The van der Waals surface area contributed by atoms with Crippen LogP contribution in [0.25, 0.3) is 11.1 Å². The Labute approximate surface area is 210 Å². The third kappa shape index (κ3) is 6.79. The van der Waals surface area contributed by atoms with Crippen molar-refractivity contribution in [2.45, 2.75) is 19.8 Å². The van der Waals surface area contributed by atoms with Gasteiger partial charge in [-0.1, -0.05) is 78.0 Å². The number of benzene rings is 3. The second-order valence-corrected chi connectivity index (χ2v) is 8.27. The van der Waals surface area contributed by atoms with Crippen LogP contribution in [0.4, 0.5) is 0 Å². The number of hydrogen-bond acceptors (Lipinski definition) is 5. The van der Waals surface area contributed by atoms with Gasteiger partial charge in [0, 0.05) is 18.3 Å². The van der Waals surface area contributed by atoms with Crippen molar-refractivity contribution in [3.63, 3.8) is 0 Å². The number of aliphatic carboxylic acids is 1. The average Bonchev–Trinajstić information content (AvgIpc) is 2.91. The maximum atomic E-state index is 11.1. The molecule has 36 heavy (non-hydrogen) atoms. The first-order chi connectivity index (χ1) is 17.6. The molecule has 0 atom stereocenters. The van der Waals surface area contributed by atoms with Gasteiger partial charge in [-0.05, 0) is 52.9 Å². The molecule has 0 fully saturated rings. The van der Waals surface area contributed by atoms with Gasteiger partial charge in [0.05, 0.1) is 12.1 Å². The van der Waals surface area contributed by atoms with Gasteiger partial charge in [-0.25, -0.2) is 0 Å². The molecule has 1 aromatic heterocycles. The lowest BCUT2D eigenvalue weighted by molar-refractivity contribution is -0.136. The minimum Gasteiger partial charge on any atom is -0.490 e. The van der Waals surface area contributed by atoms with E-state index in [-0.39, 0.29) is 19.6 Å². The molecule has 0 bridgehead atoms. The zero-order valence-electron chi connectivity index (χ0n) is 20.1. The number of pyridine rings is 1. The summed E-state index contributed by atoms with van der Waals surface area (Å²) >= 11 is 0. The molecule has 4 aromatic rings. The molecule has 0 spiro atoms. The molecule has 6 heteroatoms. The molecule has 1 heterocycles. The summed E-state index contributed by atoms with van der Waals surface area (Å²) in [6.07, 6.45) is 2.26. The summed E-state index contributed by atoms with van der Waals surface area (Å²) in [6.45, 7) is 2.39. The molecule has 0 aliphatic carbocycles. The van der Waals surface area contributed by atoms with Crippen LogP contribution in [0.5, 0.6) is 5.75 Å². The van der Waals surface area contributed by atoms with Crippen molar-refractivity contribution >= 4 is 11.7 Å². The van der Waals surface area contributed by atoms with E-state index in [0.29, 0.717) is 12.2 Å². The van der Waals surface area contributed by atoms with Crippen LogP contribution in [0.15, 0.2) is 102 Å². The normalized spacial score (nSPS) is 11.2. The van der Waals surface area contributed by atoms with Crippen molar-refractivity contribution < 1.29 is 19.5 Å². The average molecular weight is 481 g/mol. The van der Waals surface area contributed by atoms with Crippen LogP contribution in [0.2, 0.25) is 0 Å². The van der Waals surface area contributed by atoms with Crippen LogP contribution in [0.1, 0.15) is 22.4 Å². The summed E-state index contributed by atoms with van der Waals surface area (Å²) in [4.78, 5) is 21.1. The van der Waals surface area contributed by atoms with Crippen LogP contribution >= 0.6 is 0 Å². The van der Waals surface area contributed by atoms with E-state index in [0.717, 1.165) is 39.2 Å². The molecule has 0 unspecified atom stereocenters. The van der Waals surface area contributed by atoms with Crippen molar-refractivity contribution in [2.24, 2.45) is 5.16 Å². The van der Waals surface area contributed by atoms with Gasteiger partial charge in [0.25, 0.3) is 0 Å². The summed E-state index contributed by atoms with van der Waals surface area (Å²) in [6, 6.07) is 29.7. The zero-order valence-corrected chi connectivity index (χ0v) is 20.1. The van der Waals surface area contributed by atoms with Crippen molar-refractivity contribution in [2.75, 3.05) is 13.2 Å². The Bertz CT molecular complexity index is 1300. The molecular weight excluding hydrogens is 452 g/mol. The molecule has 3 aromatic carbocycles. The third-order valence-corrected chi connectivity index (χ3v) is 5.74. The maximum Gasteiger partial charge on any atom is 0.307 e. The first-order valence-electron chi connectivity index (χ1n) is 11.8. The number of aromatic nitrogens is 1. The number of rotatable bonds is 11. The summed E-state index contributed by atoms with van der Waals surface area (Å²) in [7, 11) is 0. The van der Waals surface area contributed by atoms with Gasteiger partial charge in [0.1, 0.15) is 12.4 Å². The van der Waals surface area contributed by atoms with E-state index in [2.05, 4.69) is 34.4 Å². The predicted molar refractivity (Wildman–Crippen MR) is 140 cm³/mol. The van der Waals surface area contributed by atoms with E-state index < -0.39 is 5.97 Å². The number of carboxylic acid groups (broad SMARTS) is 1. The van der Waals surface area contributed by atoms with Crippen LogP contribution in [0, 0.1) is 6.92 Å². The molecule has 0 saturated heterocycles. The van der Waals surface area contributed by atoms with Gasteiger partial charge in [-0.15, -0.1) is 0 Å². The smallest absolute Gasteiger partial charge is 0.307 e. The Morgan fingerprint density at radius 2 is 1.58 bits per heavy atom. The Morgan fingerprint density at radius 3 is 2.31 bits per heavy atom. The lowest BCUT2D eigenvalue weighted by Gasteiger charge is -2.12. The third-order valence-electron chi connectivity index (χ3n) is 5.74. The van der Waals surface area contributed by atoms with Crippen LogP contribution in [-0.2, 0) is 22.5 Å². The van der Waals surface area contributed by atoms with Gasteiger partial charge < -0.3 is 14.7 Å². The Hall–Kier alpha value is -4.45. The van der Waals surface area contributed by atoms with Crippen molar-refractivity contribution in [3.8, 4) is 16.9 Å². The highest BCUT2D eigenvalue weighted by molar-refractivity contribution is 6.01. The standard InChI is InChI=1S/C30H28N2O4/c1-22-26(20-30(33)34)10-7-12-29(22)35-18-19-36-32-28(21-27-11-5-6-17-31-27)25-15-13-24(14-16-25)23-8-3-2-4-9-23/h2-17H,18-21H2,1H3,(H,33,34)/b32-28+. The molecule has 0 amide bonds. The van der Waals surface area contributed by atoms with Gasteiger partial charge in [-0.2, -0.15) is 0 Å². The maximum absolute atomic E-state index is 11.1. The molecule has 1 N–H and O–H groups in total. The van der Waals surface area contributed by atoms with E-state index in [1.807, 2.05) is 61.5 Å². The molecule has 0 aliphatic heterocycles. The van der Waals surface area contributed by atoms with Crippen LogP contribution in [0.3, 0.4) is 0 Å². The number of nitrogens with zero attached hydrogens (tertiary/aromatic N) is 2. The Morgan fingerprint density at radius 1 is 0.833 bits per heavy atom. The summed E-state index contributed by atoms with van der Waals surface area (Å²) in [5, 5.41) is 13.5. The fourth-order valence-electron chi connectivity index (χ4n) is 3.83. The minimum absolute atomic E-state index is 0.0379. The topological polar surface area (TPSA) is 81.0 Å². The van der Waals surface area contributed by atoms with Crippen LogP contribution in [-0.4, -0.2) is 35.0 Å². The summed E-state index contributed by atoms with van der Waals surface area (Å²) < 4.78 is 5.83. The van der Waals surface area contributed by atoms with Gasteiger partial charge >= 0.3 is 5.97 Å². The monoisotopic (exact) mass is 480 g/mol. The SMILES string of the molecule is Cc1c(CC(=O)O)cccc1OCCO/N=C(\Cc1ccccn1)c1ccc(-c2ccccc2)cc1. The summed E-state index contributed by atoms with van der Waals surface area (Å²) in [5.41, 5.74) is 6.46. The fourth-order valence-corrected chi connectivity index (χ4v) is 3.83. The number of carboxylic acids is 1. The largest absolute Gasteiger partial charge is 0.490 e. The molecular formula is C30H28N2O4. The van der Waals surface area contributed by atoms with E-state index >= 15 is 0 Å². The first kappa shape index (κ1) is 24.7. The molecule has 0 saturated carbocycles. The predicted octanol–water partition coefficient (Wildman–Crippen LogP) is 5.73. The van der Waals surface area contributed by atoms with Gasteiger partial charge in [-0.3, -0.25) is 9.78 Å². The van der Waals surface area contributed by atoms with Gasteiger partial charge in [0.2, 0.25) is 0 Å². The van der Waals surface area contributed by atoms with Crippen LogP contribution < -0.4 is 4.74 Å². The lowest BCUT2D eigenvalue weighted by Crippen LogP contribution is -2.11. The quantitative estimate of drug-likeness (QED) is 0.169. The van der Waals surface area contributed by atoms with E-state index in [1.54, 1.807) is 18.3 Å². The Kier molecular flexibility index (Phi) is 8.44. The minimum atomic E-state index is -0.870. The number of oxime groups is 1. The fraction of sp³-hybridized carbons (Fsp3) is 0.167. The zero-order chi connectivity index (χ0) is 25.2. The highest BCUT2D eigenvalue weighted by atomic mass is 16.6. The molecule has 6 nitrogen and oxygen atoms in total. The second kappa shape index (κ2) is 12.3. The number of carbonyl (C=O) groups is 1. The van der Waals surface area contributed by atoms with Crippen molar-refractivity contribution in [1.29, 1.82) is 0 Å². The number of ether oxygens (including phenoxy) is 1. The number of hydrogen-bond donors (Lipinski definition) is 1. The second-order valence-electron chi connectivity index (χ2n) is 8.27. The lowest BCUT2D eigenvalue weighted by atomic mass is 10.0. The van der Waals surface area contributed by atoms with Gasteiger partial charge in [0.15, 0.2) is 6.61 Å². The molecule has 182 valence electrons. The molecule has 4 rings (SSSR count). The summed E-state index contributed by atoms with van der Waals surface area (Å²) in [5.74, 6) is -0.225. The van der Waals surface area contributed by atoms with Crippen molar-refractivity contribution in [1.82, 2.24) is 4.98 Å². The Balaban J connectivity index is 1.43. The van der Waals surface area contributed by atoms with Crippen molar-refractivity contribution in [3.05, 3.63) is 120 Å². The van der Waals surface area contributed by atoms with E-state index in [1.165, 1.54) is 0 Å².